The Bertz CT molecular complexity index is 601. The van der Waals surface area contributed by atoms with Crippen molar-refractivity contribution < 1.29 is 9.53 Å². The number of hydrogen-bond donors (Lipinski definition) is 0. The first-order valence-corrected chi connectivity index (χ1v) is 6.14. The Balaban J connectivity index is 2.13. The normalized spacial score (nSPS) is 9.32. The summed E-state index contributed by atoms with van der Waals surface area (Å²) in [5.74, 6) is 4.74. The van der Waals surface area contributed by atoms with E-state index in [1.807, 2.05) is 42.5 Å². The summed E-state index contributed by atoms with van der Waals surface area (Å²) in [7, 11) is 0. The van der Waals surface area contributed by atoms with Crippen molar-refractivity contribution in [3.63, 3.8) is 0 Å². The fraction of sp³-hybridized carbons (Fsp3) is 0.118. The van der Waals surface area contributed by atoms with Gasteiger partial charge in [-0.15, -0.1) is 0 Å². The molecule has 0 aliphatic rings. The zero-order chi connectivity index (χ0) is 13.5. The molecular weight excluding hydrogens is 236 g/mol. The van der Waals surface area contributed by atoms with Gasteiger partial charge in [0.05, 0.1) is 6.61 Å². The Morgan fingerprint density at radius 1 is 1.00 bits per heavy atom. The molecule has 0 radical (unpaired) electrons. The standard InChI is InChI=1S/C17H14O2/c1-2-19-17(18)13-10-14-8-11-16(12-9-14)15-6-4-3-5-7-15/h3-9,11-12H,2H2,1H3. The maximum absolute atomic E-state index is 11.1. The quantitative estimate of drug-likeness (QED) is 0.604. The number of carbonyl (C=O) groups is 1. The van der Waals surface area contributed by atoms with Gasteiger partial charge in [0, 0.05) is 11.5 Å². The van der Waals surface area contributed by atoms with Crippen molar-refractivity contribution in [2.24, 2.45) is 0 Å². The molecule has 0 aromatic heterocycles. The molecule has 94 valence electrons. The molecule has 0 heterocycles. The number of benzene rings is 2. The topological polar surface area (TPSA) is 26.3 Å². The van der Waals surface area contributed by atoms with Gasteiger partial charge in [0.2, 0.25) is 0 Å². The van der Waals surface area contributed by atoms with Crippen LogP contribution >= 0.6 is 0 Å². The van der Waals surface area contributed by atoms with Gasteiger partial charge in [0.15, 0.2) is 0 Å². The van der Waals surface area contributed by atoms with Gasteiger partial charge in [-0.25, -0.2) is 4.79 Å². The zero-order valence-electron chi connectivity index (χ0n) is 10.7. The number of hydrogen-bond acceptors (Lipinski definition) is 2. The summed E-state index contributed by atoms with van der Waals surface area (Å²) in [6, 6.07) is 17.9. The smallest absolute Gasteiger partial charge is 0.384 e. The predicted octanol–water partition coefficient (Wildman–Crippen LogP) is 3.27. The van der Waals surface area contributed by atoms with E-state index in [2.05, 4.69) is 24.0 Å². The van der Waals surface area contributed by atoms with E-state index in [4.69, 9.17) is 4.74 Å². The first-order valence-electron chi connectivity index (χ1n) is 6.14. The summed E-state index contributed by atoms with van der Waals surface area (Å²) >= 11 is 0. The molecular formula is C17H14O2. The van der Waals surface area contributed by atoms with E-state index in [9.17, 15) is 4.79 Å². The number of ether oxygens (including phenoxy) is 1. The lowest BCUT2D eigenvalue weighted by Gasteiger charge is -2.00. The van der Waals surface area contributed by atoms with Gasteiger partial charge >= 0.3 is 5.97 Å². The van der Waals surface area contributed by atoms with Crippen molar-refractivity contribution in [2.45, 2.75) is 6.92 Å². The lowest BCUT2D eigenvalue weighted by molar-refractivity contribution is -0.136. The summed E-state index contributed by atoms with van der Waals surface area (Å²) in [5.41, 5.74) is 3.09. The average molecular weight is 250 g/mol. The van der Waals surface area contributed by atoms with Gasteiger partial charge < -0.3 is 4.74 Å². The Morgan fingerprint density at radius 2 is 1.63 bits per heavy atom. The van der Waals surface area contributed by atoms with Gasteiger partial charge in [0.25, 0.3) is 0 Å². The van der Waals surface area contributed by atoms with E-state index in [-0.39, 0.29) is 0 Å². The molecule has 0 aliphatic carbocycles. The molecule has 0 saturated heterocycles. The molecule has 0 atom stereocenters. The molecule has 0 saturated carbocycles. The van der Waals surface area contributed by atoms with Crippen molar-refractivity contribution in [2.75, 3.05) is 6.61 Å². The van der Waals surface area contributed by atoms with Gasteiger partial charge in [0.1, 0.15) is 0 Å². The highest BCUT2D eigenvalue weighted by Gasteiger charge is 1.96. The van der Waals surface area contributed by atoms with Crippen LogP contribution in [0, 0.1) is 11.8 Å². The summed E-state index contributed by atoms with van der Waals surface area (Å²) in [4.78, 5) is 11.1. The minimum atomic E-state index is -0.491. The highest BCUT2D eigenvalue weighted by Crippen LogP contribution is 2.18. The van der Waals surface area contributed by atoms with E-state index in [1.54, 1.807) is 6.92 Å². The fourth-order valence-corrected chi connectivity index (χ4v) is 1.67. The van der Waals surface area contributed by atoms with Crippen LogP contribution in [0.1, 0.15) is 12.5 Å². The largest absolute Gasteiger partial charge is 0.456 e. The zero-order valence-corrected chi connectivity index (χ0v) is 10.7. The Morgan fingerprint density at radius 3 is 2.26 bits per heavy atom. The van der Waals surface area contributed by atoms with E-state index in [0.717, 1.165) is 16.7 Å². The van der Waals surface area contributed by atoms with E-state index in [0.29, 0.717) is 6.61 Å². The summed E-state index contributed by atoms with van der Waals surface area (Å²) in [6.07, 6.45) is 0. The first kappa shape index (κ1) is 12.9. The van der Waals surface area contributed by atoms with Gasteiger partial charge in [-0.1, -0.05) is 48.4 Å². The summed E-state index contributed by atoms with van der Waals surface area (Å²) in [5, 5.41) is 0. The lowest BCUT2D eigenvalue weighted by atomic mass is 10.0. The Hall–Kier alpha value is -2.53. The van der Waals surface area contributed by atoms with Crippen molar-refractivity contribution >= 4 is 5.97 Å². The highest BCUT2D eigenvalue weighted by atomic mass is 16.5. The molecule has 19 heavy (non-hydrogen) atoms. The molecule has 2 nitrogen and oxygen atoms in total. The van der Waals surface area contributed by atoms with E-state index >= 15 is 0 Å². The molecule has 0 fully saturated rings. The highest BCUT2D eigenvalue weighted by molar-refractivity contribution is 5.89. The van der Waals surface area contributed by atoms with Crippen molar-refractivity contribution in [1.29, 1.82) is 0 Å². The van der Waals surface area contributed by atoms with Crippen LogP contribution in [0.2, 0.25) is 0 Å². The summed E-state index contributed by atoms with van der Waals surface area (Å²) in [6.45, 7) is 2.11. The molecule has 0 aliphatic heterocycles. The SMILES string of the molecule is CCOC(=O)C#Cc1ccc(-c2ccccc2)cc1. The van der Waals surface area contributed by atoms with Crippen LogP contribution in [0.3, 0.4) is 0 Å². The van der Waals surface area contributed by atoms with Crippen LogP contribution in [0.4, 0.5) is 0 Å². The fourth-order valence-electron chi connectivity index (χ4n) is 1.67. The molecule has 2 rings (SSSR count). The minimum absolute atomic E-state index is 0.348. The van der Waals surface area contributed by atoms with Crippen LogP contribution < -0.4 is 0 Å². The monoisotopic (exact) mass is 250 g/mol. The number of esters is 1. The second kappa shape index (κ2) is 6.42. The van der Waals surface area contributed by atoms with Crippen LogP contribution in [-0.4, -0.2) is 12.6 Å². The molecule has 0 spiro atoms. The molecule has 2 heteroatoms. The van der Waals surface area contributed by atoms with Gasteiger partial charge in [-0.2, -0.15) is 0 Å². The van der Waals surface area contributed by atoms with Crippen LogP contribution in [0.5, 0.6) is 0 Å². The van der Waals surface area contributed by atoms with Gasteiger partial charge in [-0.05, 0) is 30.2 Å². The third kappa shape index (κ3) is 3.72. The van der Waals surface area contributed by atoms with Gasteiger partial charge in [-0.3, -0.25) is 0 Å². The van der Waals surface area contributed by atoms with Crippen molar-refractivity contribution in [3.8, 4) is 23.0 Å². The third-order valence-corrected chi connectivity index (χ3v) is 2.58. The number of rotatable bonds is 2. The van der Waals surface area contributed by atoms with Crippen LogP contribution in [0.25, 0.3) is 11.1 Å². The molecule has 2 aromatic carbocycles. The number of carbonyl (C=O) groups excluding carboxylic acids is 1. The Labute approximate surface area is 113 Å². The van der Waals surface area contributed by atoms with Crippen molar-refractivity contribution in [3.05, 3.63) is 60.2 Å². The van der Waals surface area contributed by atoms with E-state index in [1.165, 1.54) is 0 Å². The van der Waals surface area contributed by atoms with Crippen LogP contribution in [0.15, 0.2) is 54.6 Å². The van der Waals surface area contributed by atoms with E-state index < -0.39 is 5.97 Å². The lowest BCUT2D eigenvalue weighted by Crippen LogP contribution is -1.99. The minimum Gasteiger partial charge on any atom is -0.456 e. The molecule has 0 bridgehead atoms. The Kier molecular flexibility index (Phi) is 4.36. The van der Waals surface area contributed by atoms with Crippen molar-refractivity contribution in [1.82, 2.24) is 0 Å². The molecule has 0 amide bonds. The molecule has 2 aromatic rings. The third-order valence-electron chi connectivity index (χ3n) is 2.58. The molecule has 0 unspecified atom stereocenters. The second-order valence-electron chi connectivity index (χ2n) is 3.91. The second-order valence-corrected chi connectivity index (χ2v) is 3.91. The molecule has 0 N–H and O–H groups in total. The maximum Gasteiger partial charge on any atom is 0.384 e. The van der Waals surface area contributed by atoms with Crippen LogP contribution in [-0.2, 0) is 9.53 Å². The average Bonchev–Trinajstić information content (AvgIpc) is 2.47. The predicted molar refractivity (Wildman–Crippen MR) is 75.4 cm³/mol. The summed E-state index contributed by atoms with van der Waals surface area (Å²) < 4.78 is 4.74. The maximum atomic E-state index is 11.1. The first-order chi connectivity index (χ1) is 9.29.